The molecule has 0 atom stereocenters. The molecule has 1 aromatic heterocycles. The summed E-state index contributed by atoms with van der Waals surface area (Å²) in [4.78, 5) is 7.36. The van der Waals surface area contributed by atoms with Gasteiger partial charge in [-0.3, -0.25) is 0 Å². The van der Waals surface area contributed by atoms with Crippen molar-refractivity contribution in [1.29, 1.82) is 0 Å². The molecule has 0 aliphatic rings. The zero-order valence-corrected chi connectivity index (χ0v) is 8.96. The van der Waals surface area contributed by atoms with Gasteiger partial charge >= 0.3 is 0 Å². The molecule has 0 unspecified atom stereocenters. The van der Waals surface area contributed by atoms with Gasteiger partial charge in [-0.15, -0.1) is 0 Å². The molecule has 2 nitrogen and oxygen atoms in total. The lowest BCUT2D eigenvalue weighted by molar-refractivity contribution is 0.507. The second-order valence-corrected chi connectivity index (χ2v) is 4.37. The highest BCUT2D eigenvalue weighted by Gasteiger charge is 2.18. The third-order valence-corrected chi connectivity index (χ3v) is 3.09. The topological polar surface area (TPSA) is 28.7 Å². The molecule has 0 aliphatic carbocycles. The number of hydrogen-bond donors (Lipinski definition) is 1. The first-order valence-electron chi connectivity index (χ1n) is 5.07. The zero-order chi connectivity index (χ0) is 10.2. The van der Waals surface area contributed by atoms with Crippen LogP contribution in [0.3, 0.4) is 0 Å². The second-order valence-electron chi connectivity index (χ2n) is 4.37. The number of rotatable bonds is 2. The van der Waals surface area contributed by atoms with Gasteiger partial charge < -0.3 is 4.98 Å². The average Bonchev–Trinajstić information content (AvgIpc) is 2.64. The van der Waals surface area contributed by atoms with Gasteiger partial charge in [0.15, 0.2) is 0 Å². The molecule has 1 aromatic carbocycles. The Kier molecular flexibility index (Phi) is 2.06. The van der Waals surface area contributed by atoms with E-state index in [9.17, 15) is 0 Å². The summed E-state index contributed by atoms with van der Waals surface area (Å²) in [7, 11) is 0. The minimum absolute atomic E-state index is 0. The molecule has 1 N–H and O–H groups in total. The number of aromatic nitrogens is 2. The molecule has 2 rings (SSSR count). The van der Waals surface area contributed by atoms with E-state index in [0.29, 0.717) is 0 Å². The van der Waals surface area contributed by atoms with E-state index < -0.39 is 0 Å². The van der Waals surface area contributed by atoms with Crippen molar-refractivity contribution in [1.82, 2.24) is 9.97 Å². The van der Waals surface area contributed by atoms with Crippen LogP contribution in [0.5, 0.6) is 0 Å². The lowest BCUT2D eigenvalue weighted by Crippen LogP contribution is -2.15. The van der Waals surface area contributed by atoms with Crippen LogP contribution < -0.4 is 0 Å². The summed E-state index contributed by atoms with van der Waals surface area (Å²) in [5.74, 6) is 0. The highest BCUT2D eigenvalue weighted by molar-refractivity contribution is 5.75. The molecule has 0 bridgehead atoms. The Morgan fingerprint density at radius 1 is 1.43 bits per heavy atom. The number of imidazole rings is 1. The Balaban J connectivity index is 0.00000112. The van der Waals surface area contributed by atoms with E-state index in [4.69, 9.17) is 0 Å². The molecule has 1 heterocycles. The average molecular weight is 190 g/mol. The molecular formula is C12H18N2. The summed E-state index contributed by atoms with van der Waals surface area (Å²) in [6.45, 7) is 6.76. The summed E-state index contributed by atoms with van der Waals surface area (Å²) < 4.78 is 0. The van der Waals surface area contributed by atoms with E-state index in [1.165, 1.54) is 5.56 Å². The highest BCUT2D eigenvalue weighted by atomic mass is 14.9. The van der Waals surface area contributed by atoms with E-state index in [-0.39, 0.29) is 6.84 Å². The van der Waals surface area contributed by atoms with E-state index in [0.717, 1.165) is 17.5 Å². The monoisotopic (exact) mass is 190 g/mol. The van der Waals surface area contributed by atoms with E-state index >= 15 is 0 Å². The van der Waals surface area contributed by atoms with Crippen molar-refractivity contribution >= 4 is 11.0 Å². The van der Waals surface area contributed by atoms with Crippen molar-refractivity contribution in [3.63, 3.8) is 0 Å². The number of aromatic amines is 1. The fourth-order valence-electron chi connectivity index (χ4n) is 1.56. The summed E-state index contributed by atoms with van der Waals surface area (Å²) in [5.41, 5.74) is 3.79. The Bertz CT molecular complexity index is 446. The minimum Gasteiger partial charge on any atom is -0.345 e. The molecule has 0 fully saturated rings. The predicted molar refractivity (Wildman–Crippen MR) is 61.5 cm³/mol. The summed E-state index contributed by atoms with van der Waals surface area (Å²) in [6, 6.07) is 6.46. The minimum atomic E-state index is 0. The number of nitrogens with one attached hydrogen (secondary N) is 1. The van der Waals surface area contributed by atoms with Crippen LogP contribution in [0.1, 0.15) is 34.2 Å². The van der Waals surface area contributed by atoms with Gasteiger partial charge in [-0.25, -0.2) is 4.98 Å². The number of fused-ring (bicyclic) bond motifs is 1. The van der Waals surface area contributed by atoms with Crippen LogP contribution >= 0.6 is 0 Å². The predicted octanol–water partition coefficient (Wildman–Crippen LogP) is 3.50. The molecule has 0 spiro atoms. The van der Waals surface area contributed by atoms with Crippen molar-refractivity contribution in [2.24, 2.45) is 0 Å². The van der Waals surface area contributed by atoms with Gasteiger partial charge in [0.1, 0.15) is 0 Å². The number of H-pyrrole nitrogens is 1. The fourth-order valence-corrected chi connectivity index (χ4v) is 1.56. The lowest BCUT2D eigenvalue weighted by atomic mass is 9.82. The van der Waals surface area contributed by atoms with Gasteiger partial charge in [0.25, 0.3) is 0 Å². The van der Waals surface area contributed by atoms with Gasteiger partial charge in [0.2, 0.25) is 0 Å². The third kappa shape index (κ3) is 1.41. The third-order valence-electron chi connectivity index (χ3n) is 3.09. The van der Waals surface area contributed by atoms with Crippen molar-refractivity contribution in [3.8, 4) is 0 Å². The summed E-state index contributed by atoms with van der Waals surface area (Å²) in [6.07, 6.45) is 2.89. The van der Waals surface area contributed by atoms with Crippen LogP contribution in [0, 0.1) is 0 Å². The smallest absolute Gasteiger partial charge is 0.0931 e. The molecule has 0 saturated carbocycles. The van der Waals surface area contributed by atoms with Crippen molar-refractivity contribution in [2.45, 2.75) is 32.6 Å². The summed E-state index contributed by atoms with van der Waals surface area (Å²) in [5, 5.41) is 0. The number of nitrogens with zero attached hydrogens (tertiary/aromatic N) is 1. The van der Waals surface area contributed by atoms with Crippen molar-refractivity contribution in [2.75, 3.05) is 0 Å². The van der Waals surface area contributed by atoms with Crippen LogP contribution in [0.2, 0.25) is 0 Å². The lowest BCUT2D eigenvalue weighted by Gasteiger charge is -2.23. The van der Waals surface area contributed by atoms with Crippen LogP contribution in [0.4, 0.5) is 0 Å². The van der Waals surface area contributed by atoms with Crippen LogP contribution in [-0.4, -0.2) is 9.97 Å². The van der Waals surface area contributed by atoms with Crippen LogP contribution in [0.15, 0.2) is 24.5 Å². The van der Waals surface area contributed by atoms with Gasteiger partial charge in [-0.2, -0.15) is 0 Å². The zero-order valence-electron chi connectivity index (χ0n) is 8.96. The van der Waals surface area contributed by atoms with Crippen LogP contribution in [0.25, 0.3) is 11.0 Å². The normalized spacial score (nSPS) is 12.2. The maximum absolute atomic E-state index is 4.21. The Labute approximate surface area is 85.9 Å². The van der Waals surface area contributed by atoms with Gasteiger partial charge in [0.05, 0.1) is 17.4 Å². The first kappa shape index (κ1) is 9.25. The SMILES string of the molecule is CCC(C)(C)c1ccc2nc[nH]c2c1.[HH]. The number of benzene rings is 1. The second kappa shape index (κ2) is 3.12. The molecule has 0 aliphatic heterocycles. The maximum atomic E-state index is 4.21. The molecule has 14 heavy (non-hydrogen) atoms. The fraction of sp³-hybridized carbons (Fsp3) is 0.417. The standard InChI is InChI=1S/C12H16N2.H2/c1-4-12(2,3)9-5-6-10-11(7-9)14-8-13-10;/h5-8H,4H2,1-3H3,(H,13,14);1H. The van der Waals surface area contributed by atoms with Crippen molar-refractivity contribution in [3.05, 3.63) is 30.1 Å². The van der Waals surface area contributed by atoms with Gasteiger partial charge in [-0.1, -0.05) is 26.8 Å². The van der Waals surface area contributed by atoms with Gasteiger partial charge in [-0.05, 0) is 29.5 Å². The molecular weight excluding hydrogens is 172 g/mol. The largest absolute Gasteiger partial charge is 0.345 e. The van der Waals surface area contributed by atoms with Crippen molar-refractivity contribution < 1.29 is 1.43 Å². The molecule has 0 radical (unpaired) electrons. The van der Waals surface area contributed by atoms with E-state index in [1.807, 2.05) is 0 Å². The Morgan fingerprint density at radius 3 is 2.93 bits per heavy atom. The quantitative estimate of drug-likeness (QED) is 0.771. The first-order chi connectivity index (χ1) is 6.63. The molecule has 0 amide bonds. The van der Waals surface area contributed by atoms with E-state index in [1.54, 1.807) is 6.33 Å². The van der Waals surface area contributed by atoms with E-state index in [2.05, 4.69) is 48.9 Å². The molecule has 2 aromatic rings. The Hall–Kier alpha value is -1.31. The Morgan fingerprint density at radius 2 is 2.21 bits per heavy atom. The molecule has 2 heteroatoms. The van der Waals surface area contributed by atoms with Gasteiger partial charge in [0, 0.05) is 1.43 Å². The summed E-state index contributed by atoms with van der Waals surface area (Å²) >= 11 is 0. The number of hydrogen-bond acceptors (Lipinski definition) is 1. The highest BCUT2D eigenvalue weighted by Crippen LogP contribution is 2.28. The van der Waals surface area contributed by atoms with Crippen LogP contribution in [-0.2, 0) is 5.41 Å². The molecule has 76 valence electrons. The first-order valence-corrected chi connectivity index (χ1v) is 5.07. The molecule has 0 saturated heterocycles. The maximum Gasteiger partial charge on any atom is 0.0931 e.